The van der Waals surface area contributed by atoms with E-state index in [1.54, 1.807) is 0 Å². The Morgan fingerprint density at radius 1 is 1.64 bits per heavy atom. The van der Waals surface area contributed by atoms with Gasteiger partial charge in [-0.05, 0) is 15.9 Å². The van der Waals surface area contributed by atoms with Gasteiger partial charge in [-0.1, -0.05) is 0 Å². The number of aromatic carboxylic acids is 1. The maximum Gasteiger partial charge on any atom is 0.343 e. The van der Waals surface area contributed by atoms with Crippen molar-refractivity contribution in [3.63, 3.8) is 0 Å². The van der Waals surface area contributed by atoms with Gasteiger partial charge in [-0.25, -0.2) is 9.78 Å². The predicted octanol–water partition coefficient (Wildman–Crippen LogP) is 0.483. The molecular formula is C7H4BrN3O3. The topological polar surface area (TPSA) is 87.5 Å². The lowest BCUT2D eigenvalue weighted by atomic mass is 10.3. The van der Waals surface area contributed by atoms with Crippen molar-refractivity contribution in [2.24, 2.45) is 0 Å². The number of hydrogen-bond acceptors (Lipinski definition) is 3. The van der Waals surface area contributed by atoms with Crippen LogP contribution in [-0.2, 0) is 0 Å². The first-order chi connectivity index (χ1) is 6.61. The average Bonchev–Trinajstić information content (AvgIpc) is 2.49. The summed E-state index contributed by atoms with van der Waals surface area (Å²) in [6.07, 6.45) is 2.55. The second kappa shape index (κ2) is 2.95. The molecular weight excluding hydrogens is 254 g/mol. The Morgan fingerprint density at radius 2 is 2.36 bits per heavy atom. The molecule has 2 rings (SSSR count). The quantitative estimate of drug-likeness (QED) is 0.778. The van der Waals surface area contributed by atoms with E-state index in [0.29, 0.717) is 10.1 Å². The minimum atomic E-state index is -1.29. The number of aromatic amines is 1. The van der Waals surface area contributed by atoms with Crippen LogP contribution in [0, 0.1) is 0 Å². The van der Waals surface area contributed by atoms with Gasteiger partial charge in [0.2, 0.25) is 0 Å². The van der Waals surface area contributed by atoms with Crippen LogP contribution in [0.25, 0.3) is 5.65 Å². The number of H-pyrrole nitrogens is 1. The highest BCUT2D eigenvalue weighted by atomic mass is 79.9. The predicted molar refractivity (Wildman–Crippen MR) is 50.5 cm³/mol. The lowest BCUT2D eigenvalue weighted by molar-refractivity contribution is 0.0694. The number of rotatable bonds is 1. The molecule has 0 bridgehead atoms. The second-order valence-corrected chi connectivity index (χ2v) is 3.42. The minimum absolute atomic E-state index is 0.361. The summed E-state index contributed by atoms with van der Waals surface area (Å²) in [7, 11) is 0. The highest BCUT2D eigenvalue weighted by Crippen LogP contribution is 2.12. The number of fused-ring (bicyclic) bond motifs is 1. The van der Waals surface area contributed by atoms with Crippen molar-refractivity contribution in [2.75, 3.05) is 0 Å². The summed E-state index contributed by atoms with van der Waals surface area (Å²) in [5, 5.41) is 11.2. The first kappa shape index (κ1) is 8.95. The number of nitrogens with zero attached hydrogens (tertiary/aromatic N) is 2. The zero-order valence-electron chi connectivity index (χ0n) is 6.69. The first-order valence-corrected chi connectivity index (χ1v) is 4.38. The molecule has 2 aromatic rings. The van der Waals surface area contributed by atoms with E-state index in [1.807, 2.05) is 0 Å². The molecule has 0 saturated heterocycles. The van der Waals surface area contributed by atoms with Crippen LogP contribution in [0.3, 0.4) is 0 Å². The summed E-state index contributed by atoms with van der Waals surface area (Å²) >= 11 is 3.16. The van der Waals surface area contributed by atoms with Gasteiger partial charge in [0.15, 0.2) is 5.65 Å². The molecule has 2 N–H and O–H groups in total. The Morgan fingerprint density at radius 3 is 3.00 bits per heavy atom. The molecule has 0 saturated carbocycles. The molecule has 0 fully saturated rings. The largest absolute Gasteiger partial charge is 0.477 e. The molecule has 0 unspecified atom stereocenters. The third-order valence-corrected chi connectivity index (χ3v) is 2.31. The van der Waals surface area contributed by atoms with Crippen LogP contribution in [0.2, 0.25) is 0 Å². The van der Waals surface area contributed by atoms with E-state index >= 15 is 0 Å². The molecule has 72 valence electrons. The van der Waals surface area contributed by atoms with Crippen molar-refractivity contribution in [3.05, 3.63) is 32.8 Å². The van der Waals surface area contributed by atoms with Crippen LogP contribution in [0.5, 0.6) is 0 Å². The van der Waals surface area contributed by atoms with Gasteiger partial charge in [0.05, 0.1) is 4.47 Å². The number of hydrogen-bond donors (Lipinski definition) is 2. The number of aromatic nitrogens is 3. The third-order valence-electron chi connectivity index (χ3n) is 1.73. The average molecular weight is 258 g/mol. The number of nitrogens with one attached hydrogen (secondary N) is 1. The van der Waals surface area contributed by atoms with Crippen molar-refractivity contribution in [2.45, 2.75) is 0 Å². The molecule has 14 heavy (non-hydrogen) atoms. The van der Waals surface area contributed by atoms with Gasteiger partial charge in [-0.2, -0.15) is 4.52 Å². The standard InChI is InChI=1S/C7H4BrN3O3/c8-4-2-10-11-5(4)9-1-3(6(11)12)7(13)14/h1-2,10H,(H,13,14). The fraction of sp³-hybridized carbons (Fsp3) is 0. The molecule has 0 aromatic carbocycles. The highest BCUT2D eigenvalue weighted by molar-refractivity contribution is 9.10. The zero-order chi connectivity index (χ0) is 10.3. The van der Waals surface area contributed by atoms with E-state index in [9.17, 15) is 9.59 Å². The van der Waals surface area contributed by atoms with Crippen LogP contribution in [0.4, 0.5) is 0 Å². The molecule has 0 amide bonds. The number of halogens is 1. The first-order valence-electron chi connectivity index (χ1n) is 3.59. The molecule has 6 nitrogen and oxygen atoms in total. The van der Waals surface area contributed by atoms with Gasteiger partial charge in [-0.15, -0.1) is 0 Å². The molecule has 0 atom stereocenters. The highest BCUT2D eigenvalue weighted by Gasteiger charge is 2.13. The van der Waals surface area contributed by atoms with E-state index in [2.05, 4.69) is 26.0 Å². The monoisotopic (exact) mass is 257 g/mol. The molecule has 0 aliphatic carbocycles. The summed E-state index contributed by atoms with van der Waals surface area (Å²) in [6.45, 7) is 0. The normalized spacial score (nSPS) is 10.6. The number of carboxylic acid groups (broad SMARTS) is 1. The van der Waals surface area contributed by atoms with Gasteiger partial charge in [0.1, 0.15) is 5.56 Å². The van der Waals surface area contributed by atoms with Crippen LogP contribution < -0.4 is 5.56 Å². The molecule has 2 heterocycles. The molecule has 7 heteroatoms. The van der Waals surface area contributed by atoms with Gasteiger partial charge in [0, 0.05) is 12.4 Å². The fourth-order valence-electron chi connectivity index (χ4n) is 1.08. The SMILES string of the molecule is O=C(O)c1cnc2c(Br)c[nH]n2c1=O. The Bertz CT molecular complexity index is 571. The van der Waals surface area contributed by atoms with E-state index in [-0.39, 0.29) is 5.56 Å². The molecule has 0 radical (unpaired) electrons. The Hall–Kier alpha value is -1.63. The van der Waals surface area contributed by atoms with Crippen molar-refractivity contribution < 1.29 is 9.90 Å². The van der Waals surface area contributed by atoms with E-state index < -0.39 is 11.5 Å². The van der Waals surface area contributed by atoms with E-state index in [1.165, 1.54) is 6.20 Å². The van der Waals surface area contributed by atoms with E-state index in [4.69, 9.17) is 5.11 Å². The van der Waals surface area contributed by atoms with Crippen molar-refractivity contribution >= 4 is 27.5 Å². The lowest BCUT2D eigenvalue weighted by Crippen LogP contribution is -2.22. The maximum absolute atomic E-state index is 11.5. The van der Waals surface area contributed by atoms with Gasteiger partial charge < -0.3 is 5.11 Å². The number of carboxylic acids is 1. The summed E-state index contributed by atoms with van der Waals surface area (Å²) in [5.74, 6) is -1.29. The van der Waals surface area contributed by atoms with Crippen LogP contribution >= 0.6 is 15.9 Å². The Kier molecular flexibility index (Phi) is 1.88. The van der Waals surface area contributed by atoms with E-state index in [0.717, 1.165) is 10.7 Å². The second-order valence-electron chi connectivity index (χ2n) is 2.56. The zero-order valence-corrected chi connectivity index (χ0v) is 8.28. The Labute approximate surface area is 85.3 Å². The van der Waals surface area contributed by atoms with Gasteiger partial charge in [0.25, 0.3) is 5.56 Å². The van der Waals surface area contributed by atoms with Gasteiger partial charge >= 0.3 is 5.97 Å². The van der Waals surface area contributed by atoms with Gasteiger partial charge in [-0.3, -0.25) is 9.89 Å². The summed E-state index contributed by atoms with van der Waals surface area (Å²) in [6, 6.07) is 0. The van der Waals surface area contributed by atoms with Crippen molar-refractivity contribution in [1.29, 1.82) is 0 Å². The van der Waals surface area contributed by atoms with Crippen LogP contribution in [0.15, 0.2) is 21.7 Å². The molecule has 0 aliphatic rings. The van der Waals surface area contributed by atoms with Crippen LogP contribution in [0.1, 0.15) is 10.4 Å². The van der Waals surface area contributed by atoms with Crippen molar-refractivity contribution in [3.8, 4) is 0 Å². The lowest BCUT2D eigenvalue weighted by Gasteiger charge is -1.94. The molecule has 2 aromatic heterocycles. The Balaban J connectivity index is 2.90. The van der Waals surface area contributed by atoms with Crippen LogP contribution in [-0.4, -0.2) is 25.7 Å². The molecule has 0 spiro atoms. The third kappa shape index (κ3) is 1.13. The van der Waals surface area contributed by atoms with Crippen molar-refractivity contribution in [1.82, 2.24) is 14.6 Å². The number of carbonyl (C=O) groups is 1. The minimum Gasteiger partial charge on any atom is -0.477 e. The summed E-state index contributed by atoms with van der Waals surface area (Å²) in [5.41, 5.74) is -0.634. The fourth-order valence-corrected chi connectivity index (χ4v) is 1.46. The summed E-state index contributed by atoms with van der Waals surface area (Å²) < 4.78 is 1.67. The maximum atomic E-state index is 11.5. The smallest absolute Gasteiger partial charge is 0.343 e. The summed E-state index contributed by atoms with van der Waals surface area (Å²) in [4.78, 5) is 25.9. The molecule has 0 aliphatic heterocycles.